The average molecular weight is 249 g/mol. The van der Waals surface area contributed by atoms with Gasteiger partial charge in [-0.3, -0.25) is 4.79 Å². The SMILES string of the molecule is CCC(C)C(NC(=O)c1ccccc1C)C(=O)O. The molecule has 2 N–H and O–H groups in total. The van der Waals surface area contributed by atoms with Crippen LogP contribution >= 0.6 is 0 Å². The highest BCUT2D eigenvalue weighted by Crippen LogP contribution is 2.11. The molecule has 98 valence electrons. The lowest BCUT2D eigenvalue weighted by Gasteiger charge is -2.20. The van der Waals surface area contributed by atoms with Crippen LogP contribution in [0, 0.1) is 12.8 Å². The molecule has 0 aromatic heterocycles. The summed E-state index contributed by atoms with van der Waals surface area (Å²) in [6, 6.07) is 6.28. The van der Waals surface area contributed by atoms with Crippen molar-refractivity contribution < 1.29 is 14.7 Å². The van der Waals surface area contributed by atoms with E-state index in [1.807, 2.05) is 32.9 Å². The number of aryl methyl sites for hydroxylation is 1. The van der Waals surface area contributed by atoms with E-state index in [0.717, 1.165) is 5.56 Å². The number of aliphatic carboxylic acids is 1. The Morgan fingerprint density at radius 2 is 1.94 bits per heavy atom. The molecule has 1 aromatic rings. The fourth-order valence-electron chi connectivity index (χ4n) is 1.73. The van der Waals surface area contributed by atoms with E-state index in [0.29, 0.717) is 12.0 Å². The predicted octanol–water partition coefficient (Wildman–Crippen LogP) is 2.22. The van der Waals surface area contributed by atoms with E-state index in [1.165, 1.54) is 0 Å². The van der Waals surface area contributed by atoms with Crippen LogP contribution in [0.25, 0.3) is 0 Å². The highest BCUT2D eigenvalue weighted by molar-refractivity contribution is 5.97. The summed E-state index contributed by atoms with van der Waals surface area (Å²) in [5, 5.41) is 11.7. The first-order valence-corrected chi connectivity index (χ1v) is 6.06. The standard InChI is InChI=1S/C14H19NO3/c1-4-9(2)12(14(17)18)15-13(16)11-8-6-5-7-10(11)3/h5-9,12H,4H2,1-3H3,(H,15,16)(H,17,18). The molecule has 0 aliphatic carbocycles. The van der Waals surface area contributed by atoms with Gasteiger partial charge in [-0.1, -0.05) is 38.5 Å². The summed E-state index contributed by atoms with van der Waals surface area (Å²) in [7, 11) is 0. The summed E-state index contributed by atoms with van der Waals surface area (Å²) in [6.07, 6.45) is 0.699. The van der Waals surface area contributed by atoms with Crippen LogP contribution < -0.4 is 5.32 Å². The molecule has 1 rings (SSSR count). The van der Waals surface area contributed by atoms with Gasteiger partial charge in [0.1, 0.15) is 6.04 Å². The van der Waals surface area contributed by atoms with E-state index in [9.17, 15) is 9.59 Å². The van der Waals surface area contributed by atoms with E-state index in [2.05, 4.69) is 5.32 Å². The number of hydrogen-bond acceptors (Lipinski definition) is 2. The average Bonchev–Trinajstić information content (AvgIpc) is 2.35. The van der Waals surface area contributed by atoms with Crippen molar-refractivity contribution in [1.82, 2.24) is 5.32 Å². The molecule has 0 aliphatic heterocycles. The second-order valence-corrected chi connectivity index (χ2v) is 4.49. The molecule has 2 atom stereocenters. The highest BCUT2D eigenvalue weighted by atomic mass is 16.4. The third kappa shape index (κ3) is 3.32. The lowest BCUT2D eigenvalue weighted by Crippen LogP contribution is -2.45. The Kier molecular flexibility index (Phi) is 4.89. The molecule has 0 radical (unpaired) electrons. The highest BCUT2D eigenvalue weighted by Gasteiger charge is 2.25. The lowest BCUT2D eigenvalue weighted by molar-refractivity contribution is -0.140. The van der Waals surface area contributed by atoms with Crippen molar-refractivity contribution in [2.75, 3.05) is 0 Å². The number of rotatable bonds is 5. The Morgan fingerprint density at radius 1 is 1.33 bits per heavy atom. The molecule has 0 saturated carbocycles. The largest absolute Gasteiger partial charge is 0.480 e. The molecule has 1 aromatic carbocycles. The van der Waals surface area contributed by atoms with Gasteiger partial charge in [0.15, 0.2) is 0 Å². The minimum absolute atomic E-state index is 0.101. The summed E-state index contributed by atoms with van der Waals surface area (Å²) < 4.78 is 0. The second-order valence-electron chi connectivity index (χ2n) is 4.49. The van der Waals surface area contributed by atoms with E-state index in [4.69, 9.17) is 5.11 Å². The van der Waals surface area contributed by atoms with Gasteiger partial charge >= 0.3 is 5.97 Å². The van der Waals surface area contributed by atoms with Crippen LogP contribution in [-0.2, 0) is 4.79 Å². The van der Waals surface area contributed by atoms with Crippen LogP contribution in [0.5, 0.6) is 0 Å². The number of carbonyl (C=O) groups excluding carboxylic acids is 1. The fourth-order valence-corrected chi connectivity index (χ4v) is 1.73. The first kappa shape index (κ1) is 14.2. The molecule has 2 unspecified atom stereocenters. The molecule has 0 saturated heterocycles. The van der Waals surface area contributed by atoms with Crippen molar-refractivity contribution >= 4 is 11.9 Å². The van der Waals surface area contributed by atoms with Gasteiger partial charge < -0.3 is 10.4 Å². The monoisotopic (exact) mass is 249 g/mol. The quantitative estimate of drug-likeness (QED) is 0.841. The van der Waals surface area contributed by atoms with Crippen LogP contribution in [0.1, 0.15) is 36.2 Å². The van der Waals surface area contributed by atoms with Gasteiger partial charge in [0.25, 0.3) is 5.91 Å². The Hall–Kier alpha value is -1.84. The number of carboxylic acids is 1. The third-order valence-corrected chi connectivity index (χ3v) is 3.16. The smallest absolute Gasteiger partial charge is 0.326 e. The molecule has 0 fully saturated rings. The fraction of sp³-hybridized carbons (Fsp3) is 0.429. The van der Waals surface area contributed by atoms with E-state index < -0.39 is 12.0 Å². The van der Waals surface area contributed by atoms with E-state index in [1.54, 1.807) is 12.1 Å². The molecule has 1 amide bonds. The molecule has 4 nitrogen and oxygen atoms in total. The number of benzene rings is 1. The maximum atomic E-state index is 12.0. The molecule has 18 heavy (non-hydrogen) atoms. The van der Waals surface area contributed by atoms with Gasteiger partial charge in [0, 0.05) is 5.56 Å². The molecular weight excluding hydrogens is 230 g/mol. The Bertz CT molecular complexity index is 442. The number of nitrogens with one attached hydrogen (secondary N) is 1. The minimum Gasteiger partial charge on any atom is -0.480 e. The molecule has 0 heterocycles. The zero-order valence-corrected chi connectivity index (χ0v) is 10.9. The topological polar surface area (TPSA) is 66.4 Å². The van der Waals surface area contributed by atoms with Crippen LogP contribution in [-0.4, -0.2) is 23.0 Å². The Morgan fingerprint density at radius 3 is 2.44 bits per heavy atom. The van der Waals surface area contributed by atoms with Crippen molar-refractivity contribution in [3.63, 3.8) is 0 Å². The van der Waals surface area contributed by atoms with Gasteiger partial charge in [-0.25, -0.2) is 4.79 Å². The first-order chi connectivity index (χ1) is 8.47. The van der Waals surface area contributed by atoms with Crippen molar-refractivity contribution in [3.05, 3.63) is 35.4 Å². The van der Waals surface area contributed by atoms with Crippen molar-refractivity contribution in [2.45, 2.75) is 33.2 Å². The number of carboxylic acid groups (broad SMARTS) is 1. The van der Waals surface area contributed by atoms with E-state index in [-0.39, 0.29) is 11.8 Å². The first-order valence-electron chi connectivity index (χ1n) is 6.06. The van der Waals surface area contributed by atoms with Crippen molar-refractivity contribution in [3.8, 4) is 0 Å². The van der Waals surface area contributed by atoms with Gasteiger partial charge in [0.05, 0.1) is 0 Å². The molecule has 0 aliphatic rings. The minimum atomic E-state index is -0.994. The molecule has 0 bridgehead atoms. The summed E-state index contributed by atoms with van der Waals surface area (Å²) in [6.45, 7) is 5.55. The maximum absolute atomic E-state index is 12.0. The van der Waals surface area contributed by atoms with E-state index >= 15 is 0 Å². The Labute approximate surface area is 107 Å². The summed E-state index contributed by atoms with van der Waals surface area (Å²) in [4.78, 5) is 23.2. The van der Waals surface area contributed by atoms with Crippen molar-refractivity contribution in [2.24, 2.45) is 5.92 Å². The predicted molar refractivity (Wildman–Crippen MR) is 69.5 cm³/mol. The summed E-state index contributed by atoms with van der Waals surface area (Å²) in [5.41, 5.74) is 1.36. The molecular formula is C14H19NO3. The number of hydrogen-bond donors (Lipinski definition) is 2. The van der Waals surface area contributed by atoms with Crippen LogP contribution in [0.4, 0.5) is 0 Å². The van der Waals surface area contributed by atoms with Gasteiger partial charge in [-0.05, 0) is 24.5 Å². The number of carbonyl (C=O) groups is 2. The maximum Gasteiger partial charge on any atom is 0.326 e. The lowest BCUT2D eigenvalue weighted by atomic mass is 9.98. The summed E-state index contributed by atoms with van der Waals surface area (Å²) >= 11 is 0. The van der Waals surface area contributed by atoms with Gasteiger partial charge in [-0.15, -0.1) is 0 Å². The van der Waals surface area contributed by atoms with Gasteiger partial charge in [-0.2, -0.15) is 0 Å². The zero-order chi connectivity index (χ0) is 13.7. The molecule has 4 heteroatoms. The normalized spacial score (nSPS) is 13.7. The third-order valence-electron chi connectivity index (χ3n) is 3.16. The summed E-state index contributed by atoms with van der Waals surface area (Å²) in [5.74, 6) is -1.43. The molecule has 0 spiro atoms. The van der Waals surface area contributed by atoms with Gasteiger partial charge in [0.2, 0.25) is 0 Å². The number of amides is 1. The van der Waals surface area contributed by atoms with Crippen LogP contribution in [0.15, 0.2) is 24.3 Å². The van der Waals surface area contributed by atoms with Crippen LogP contribution in [0.2, 0.25) is 0 Å². The van der Waals surface area contributed by atoms with Crippen LogP contribution in [0.3, 0.4) is 0 Å². The zero-order valence-electron chi connectivity index (χ0n) is 10.9. The Balaban J connectivity index is 2.86. The second kappa shape index (κ2) is 6.19. The van der Waals surface area contributed by atoms with Crippen molar-refractivity contribution in [1.29, 1.82) is 0 Å².